The molecule has 1 aromatic carbocycles. The summed E-state index contributed by atoms with van der Waals surface area (Å²) in [6, 6.07) is 6.74. The molecule has 1 aromatic rings. The van der Waals surface area contributed by atoms with Crippen molar-refractivity contribution in [3.05, 3.63) is 29.8 Å². The van der Waals surface area contributed by atoms with E-state index >= 15 is 0 Å². The van der Waals surface area contributed by atoms with Crippen LogP contribution in [0.2, 0.25) is 0 Å². The summed E-state index contributed by atoms with van der Waals surface area (Å²) in [5.74, 6) is 1.42. The van der Waals surface area contributed by atoms with Crippen LogP contribution in [0.1, 0.15) is 23.7 Å². The van der Waals surface area contributed by atoms with Gasteiger partial charge in [-0.05, 0) is 37.6 Å². The molecule has 0 saturated carbocycles. The highest BCUT2D eigenvalue weighted by atomic mass is 127. The van der Waals surface area contributed by atoms with Crippen molar-refractivity contribution < 1.29 is 17.9 Å². The maximum absolute atomic E-state index is 12.1. The van der Waals surface area contributed by atoms with Crippen molar-refractivity contribution in [2.75, 3.05) is 38.2 Å². The zero-order chi connectivity index (χ0) is 19.0. The average molecular weight is 510 g/mol. The monoisotopic (exact) mass is 510 g/mol. The second-order valence-corrected chi connectivity index (χ2v) is 8.22. The minimum atomic E-state index is -2.94. The van der Waals surface area contributed by atoms with E-state index in [1.54, 1.807) is 31.4 Å². The molecule has 0 radical (unpaired) electrons. The molecule has 0 spiro atoms. The molecule has 0 aromatic heterocycles. The summed E-state index contributed by atoms with van der Waals surface area (Å²) in [6.07, 6.45) is 0.584. The largest absolute Gasteiger partial charge is 0.497 e. The smallest absolute Gasteiger partial charge is 0.251 e. The average Bonchev–Trinajstić information content (AvgIpc) is 2.97. The van der Waals surface area contributed by atoms with Gasteiger partial charge in [0, 0.05) is 24.7 Å². The first-order chi connectivity index (χ1) is 12.4. The van der Waals surface area contributed by atoms with Crippen molar-refractivity contribution in [2.45, 2.75) is 19.4 Å². The number of sulfone groups is 1. The Morgan fingerprint density at radius 3 is 2.52 bits per heavy atom. The van der Waals surface area contributed by atoms with E-state index in [4.69, 9.17) is 4.74 Å². The number of amides is 1. The van der Waals surface area contributed by atoms with Crippen molar-refractivity contribution in [2.24, 2.45) is 4.99 Å². The summed E-state index contributed by atoms with van der Waals surface area (Å²) < 4.78 is 28.1. The summed E-state index contributed by atoms with van der Waals surface area (Å²) in [5.41, 5.74) is 0.552. The van der Waals surface area contributed by atoms with E-state index in [0.29, 0.717) is 43.3 Å². The zero-order valence-corrected chi connectivity index (χ0v) is 18.7. The molecule has 1 atom stereocenters. The number of nitrogens with zero attached hydrogens (tertiary/aromatic N) is 1. The van der Waals surface area contributed by atoms with Gasteiger partial charge in [-0.25, -0.2) is 8.42 Å². The molecule has 1 saturated heterocycles. The maximum Gasteiger partial charge on any atom is 0.251 e. The lowest BCUT2D eigenvalue weighted by Gasteiger charge is -2.15. The lowest BCUT2D eigenvalue weighted by atomic mass is 10.2. The molecular weight excluding hydrogens is 483 g/mol. The van der Waals surface area contributed by atoms with Crippen LogP contribution >= 0.6 is 24.0 Å². The van der Waals surface area contributed by atoms with E-state index < -0.39 is 9.84 Å². The quantitative estimate of drug-likeness (QED) is 0.217. The van der Waals surface area contributed by atoms with Gasteiger partial charge in [0.2, 0.25) is 0 Å². The van der Waals surface area contributed by atoms with E-state index in [9.17, 15) is 13.2 Å². The first-order valence-corrected chi connectivity index (χ1v) is 10.4. The van der Waals surface area contributed by atoms with Gasteiger partial charge in [0.15, 0.2) is 15.8 Å². The van der Waals surface area contributed by atoms with E-state index in [1.807, 2.05) is 6.92 Å². The second kappa shape index (κ2) is 11.3. The Hall–Kier alpha value is -1.56. The predicted octanol–water partition coefficient (Wildman–Crippen LogP) is 0.785. The third-order valence-corrected chi connectivity index (χ3v) is 5.70. The number of aliphatic imine (C=N–C) groups is 1. The van der Waals surface area contributed by atoms with Gasteiger partial charge in [0.1, 0.15) is 5.75 Å². The van der Waals surface area contributed by atoms with Crippen LogP contribution in [0.4, 0.5) is 0 Å². The van der Waals surface area contributed by atoms with Crippen molar-refractivity contribution in [1.82, 2.24) is 16.0 Å². The van der Waals surface area contributed by atoms with Crippen LogP contribution in [0.3, 0.4) is 0 Å². The molecule has 2 rings (SSSR count). The summed E-state index contributed by atoms with van der Waals surface area (Å²) in [4.78, 5) is 16.4. The van der Waals surface area contributed by atoms with Crippen LogP contribution < -0.4 is 20.7 Å². The Morgan fingerprint density at radius 1 is 1.26 bits per heavy atom. The molecule has 3 N–H and O–H groups in total. The second-order valence-electron chi connectivity index (χ2n) is 5.99. The van der Waals surface area contributed by atoms with Crippen molar-refractivity contribution in [3.8, 4) is 5.75 Å². The number of guanidine groups is 1. The summed E-state index contributed by atoms with van der Waals surface area (Å²) >= 11 is 0. The van der Waals surface area contributed by atoms with Gasteiger partial charge in [0.05, 0.1) is 25.2 Å². The van der Waals surface area contributed by atoms with Gasteiger partial charge < -0.3 is 20.7 Å². The number of rotatable bonds is 7. The van der Waals surface area contributed by atoms with Gasteiger partial charge in [-0.15, -0.1) is 24.0 Å². The Kier molecular flexibility index (Phi) is 9.84. The minimum Gasteiger partial charge on any atom is -0.497 e. The van der Waals surface area contributed by atoms with E-state index in [1.165, 1.54) is 0 Å². The molecule has 8 nitrogen and oxygen atoms in total. The van der Waals surface area contributed by atoms with E-state index in [-0.39, 0.29) is 47.4 Å². The number of hydrogen-bond acceptors (Lipinski definition) is 5. The van der Waals surface area contributed by atoms with Gasteiger partial charge >= 0.3 is 0 Å². The molecule has 1 amide bonds. The van der Waals surface area contributed by atoms with Crippen molar-refractivity contribution >= 4 is 45.7 Å². The molecule has 10 heteroatoms. The number of methoxy groups -OCH3 is 1. The van der Waals surface area contributed by atoms with E-state index in [0.717, 1.165) is 0 Å². The SMILES string of the molecule is CCNC(=NCCNC(=O)c1ccc(OC)cc1)NC1CCS(=O)(=O)C1.I. The number of carbonyl (C=O) groups excluding carboxylic acids is 1. The van der Waals surface area contributed by atoms with Crippen LogP contribution in [0.25, 0.3) is 0 Å². The normalized spacial score (nSPS) is 18.3. The molecule has 1 unspecified atom stereocenters. The molecule has 152 valence electrons. The summed E-state index contributed by atoms with van der Waals surface area (Å²) in [7, 11) is -1.37. The number of ether oxygens (including phenoxy) is 1. The fourth-order valence-corrected chi connectivity index (χ4v) is 4.28. The fraction of sp³-hybridized carbons (Fsp3) is 0.529. The highest BCUT2D eigenvalue weighted by molar-refractivity contribution is 14.0. The number of hydrogen-bond donors (Lipinski definition) is 3. The summed E-state index contributed by atoms with van der Waals surface area (Å²) in [6.45, 7) is 3.37. The molecule has 27 heavy (non-hydrogen) atoms. The van der Waals surface area contributed by atoms with Crippen LogP contribution in [0.15, 0.2) is 29.3 Å². The molecule has 0 aliphatic carbocycles. The van der Waals surface area contributed by atoms with Crippen LogP contribution in [0, 0.1) is 0 Å². The van der Waals surface area contributed by atoms with Crippen LogP contribution in [-0.4, -0.2) is 64.6 Å². The summed E-state index contributed by atoms with van der Waals surface area (Å²) in [5, 5.41) is 9.03. The first-order valence-electron chi connectivity index (χ1n) is 8.61. The fourth-order valence-electron chi connectivity index (χ4n) is 2.60. The number of halogens is 1. The van der Waals surface area contributed by atoms with Gasteiger partial charge in [-0.1, -0.05) is 0 Å². The molecule has 1 fully saturated rings. The maximum atomic E-state index is 12.1. The van der Waals surface area contributed by atoms with Crippen molar-refractivity contribution in [1.29, 1.82) is 0 Å². The van der Waals surface area contributed by atoms with Crippen LogP contribution in [-0.2, 0) is 9.84 Å². The zero-order valence-electron chi connectivity index (χ0n) is 15.5. The Labute approximate surface area is 177 Å². The van der Waals surface area contributed by atoms with Gasteiger partial charge in [-0.3, -0.25) is 9.79 Å². The standard InChI is InChI=1S/C17H26N4O4S.HI/c1-3-18-17(21-14-8-11-26(23,24)12-14)20-10-9-19-16(22)13-4-6-15(25-2)7-5-13;/h4-7,14H,3,8-12H2,1-2H3,(H,19,22)(H2,18,20,21);1H. The lowest BCUT2D eigenvalue weighted by molar-refractivity contribution is 0.0954. The molecule has 1 heterocycles. The molecule has 0 bridgehead atoms. The number of nitrogens with one attached hydrogen (secondary N) is 3. The van der Waals surface area contributed by atoms with Gasteiger partial charge in [-0.2, -0.15) is 0 Å². The minimum absolute atomic E-state index is 0. The van der Waals surface area contributed by atoms with Gasteiger partial charge in [0.25, 0.3) is 5.91 Å². The van der Waals surface area contributed by atoms with Crippen LogP contribution in [0.5, 0.6) is 5.75 Å². The van der Waals surface area contributed by atoms with Crippen molar-refractivity contribution in [3.63, 3.8) is 0 Å². The third-order valence-electron chi connectivity index (χ3n) is 3.94. The first kappa shape index (κ1) is 23.5. The lowest BCUT2D eigenvalue weighted by Crippen LogP contribution is -2.44. The molecular formula is C17H27IN4O4S. The van der Waals surface area contributed by atoms with E-state index in [2.05, 4.69) is 20.9 Å². The topological polar surface area (TPSA) is 109 Å². The Balaban J connectivity index is 0.00000364. The molecule has 1 aliphatic rings. The highest BCUT2D eigenvalue weighted by Crippen LogP contribution is 2.11. The Bertz CT molecular complexity index is 738. The number of carbonyl (C=O) groups is 1. The third kappa shape index (κ3) is 7.91. The number of benzene rings is 1. The predicted molar refractivity (Wildman–Crippen MR) is 117 cm³/mol. The molecule has 1 aliphatic heterocycles. The highest BCUT2D eigenvalue weighted by Gasteiger charge is 2.28. The Morgan fingerprint density at radius 2 is 1.96 bits per heavy atom.